The van der Waals surface area contributed by atoms with Gasteiger partial charge >= 0.3 is 0 Å². The molecule has 1 atom stereocenters. The van der Waals surface area contributed by atoms with Crippen LogP contribution in [0.3, 0.4) is 0 Å². The highest BCUT2D eigenvalue weighted by Gasteiger charge is 2.12. The van der Waals surface area contributed by atoms with Crippen molar-refractivity contribution in [3.05, 3.63) is 57.4 Å². The molecule has 2 aromatic rings. The van der Waals surface area contributed by atoms with Crippen LogP contribution in [0.4, 0.5) is 15.8 Å². The van der Waals surface area contributed by atoms with Gasteiger partial charge in [0.15, 0.2) is 0 Å². The van der Waals surface area contributed by atoms with Crippen molar-refractivity contribution in [3.8, 4) is 0 Å². The Bertz CT molecular complexity index is 677. The van der Waals surface area contributed by atoms with Crippen molar-refractivity contribution in [3.63, 3.8) is 0 Å². The molecule has 0 unspecified atom stereocenters. The normalized spacial score (nSPS) is 11.8. The van der Waals surface area contributed by atoms with E-state index >= 15 is 0 Å². The standard InChI is InChI=1S/C16H16FIN2O2/c1-10(21)9-19-16(22)12-4-2-3-5-14(12)20-15-7-6-11(18)8-13(15)17/h2-8,10,20-21H,9H2,1H3,(H,19,22)/t10-/m0/s1. The Morgan fingerprint density at radius 2 is 2.00 bits per heavy atom. The van der Waals surface area contributed by atoms with Gasteiger partial charge in [-0.2, -0.15) is 0 Å². The van der Waals surface area contributed by atoms with Crippen molar-refractivity contribution in [2.75, 3.05) is 11.9 Å². The molecule has 2 aromatic carbocycles. The summed E-state index contributed by atoms with van der Waals surface area (Å²) in [5, 5.41) is 14.8. The fraction of sp³-hybridized carbons (Fsp3) is 0.188. The van der Waals surface area contributed by atoms with Gasteiger partial charge in [-0.1, -0.05) is 12.1 Å². The van der Waals surface area contributed by atoms with Gasteiger partial charge in [0.05, 0.1) is 23.0 Å². The number of carbonyl (C=O) groups is 1. The minimum atomic E-state index is -0.627. The number of halogens is 2. The number of benzene rings is 2. The van der Waals surface area contributed by atoms with Crippen LogP contribution in [0.2, 0.25) is 0 Å². The molecule has 0 bridgehead atoms. The molecule has 0 aromatic heterocycles. The maximum atomic E-state index is 13.9. The van der Waals surface area contributed by atoms with Crippen molar-refractivity contribution >= 4 is 39.9 Å². The predicted octanol–water partition coefficient (Wildman–Crippen LogP) is 3.28. The average molecular weight is 414 g/mol. The molecular weight excluding hydrogens is 398 g/mol. The van der Waals surface area contributed by atoms with Crippen molar-refractivity contribution in [1.82, 2.24) is 5.32 Å². The number of hydrogen-bond acceptors (Lipinski definition) is 3. The van der Waals surface area contributed by atoms with Crippen LogP contribution in [0, 0.1) is 9.39 Å². The van der Waals surface area contributed by atoms with E-state index in [2.05, 4.69) is 10.6 Å². The molecule has 0 fully saturated rings. The number of anilines is 2. The van der Waals surface area contributed by atoms with Gasteiger partial charge in [0, 0.05) is 10.1 Å². The minimum Gasteiger partial charge on any atom is -0.392 e. The van der Waals surface area contributed by atoms with Crippen LogP contribution < -0.4 is 10.6 Å². The minimum absolute atomic E-state index is 0.158. The van der Waals surface area contributed by atoms with E-state index in [1.54, 1.807) is 43.3 Å². The molecule has 0 saturated carbocycles. The van der Waals surface area contributed by atoms with Crippen LogP contribution in [-0.4, -0.2) is 23.7 Å². The lowest BCUT2D eigenvalue weighted by Gasteiger charge is -2.13. The fourth-order valence-corrected chi connectivity index (χ4v) is 2.31. The molecule has 3 N–H and O–H groups in total. The Balaban J connectivity index is 2.22. The van der Waals surface area contributed by atoms with Crippen molar-refractivity contribution in [2.24, 2.45) is 0 Å². The van der Waals surface area contributed by atoms with Gasteiger partial charge < -0.3 is 15.7 Å². The van der Waals surface area contributed by atoms with Crippen LogP contribution >= 0.6 is 22.6 Å². The summed E-state index contributed by atoms with van der Waals surface area (Å²) < 4.78 is 14.7. The highest BCUT2D eigenvalue weighted by molar-refractivity contribution is 14.1. The molecule has 0 heterocycles. The highest BCUT2D eigenvalue weighted by atomic mass is 127. The van der Waals surface area contributed by atoms with E-state index in [1.165, 1.54) is 6.07 Å². The summed E-state index contributed by atoms with van der Waals surface area (Å²) >= 11 is 2.03. The molecule has 0 saturated heterocycles. The molecule has 4 nitrogen and oxygen atoms in total. The number of hydrogen-bond donors (Lipinski definition) is 3. The zero-order valence-corrected chi connectivity index (χ0v) is 14.1. The lowest BCUT2D eigenvalue weighted by Crippen LogP contribution is -2.30. The smallest absolute Gasteiger partial charge is 0.253 e. The topological polar surface area (TPSA) is 61.4 Å². The molecule has 116 valence electrons. The SMILES string of the molecule is C[C@H](O)CNC(=O)c1ccccc1Nc1ccc(I)cc1F. The lowest BCUT2D eigenvalue weighted by molar-refractivity contribution is 0.0925. The second-order valence-corrected chi connectivity index (χ2v) is 6.10. The van der Waals surface area contributed by atoms with Gasteiger partial charge in [-0.3, -0.25) is 4.79 Å². The zero-order chi connectivity index (χ0) is 16.1. The summed E-state index contributed by atoms with van der Waals surface area (Å²) in [5.41, 5.74) is 1.20. The average Bonchev–Trinajstić information content (AvgIpc) is 2.48. The number of aliphatic hydroxyl groups excluding tert-OH is 1. The Kier molecular flexibility index (Phi) is 5.73. The van der Waals surface area contributed by atoms with Crippen LogP contribution in [0.15, 0.2) is 42.5 Å². The number of carbonyl (C=O) groups excluding carboxylic acids is 1. The summed E-state index contributed by atoms with van der Waals surface area (Å²) in [6.45, 7) is 1.75. The second kappa shape index (κ2) is 7.55. The van der Waals surface area contributed by atoms with Crippen LogP contribution in [0.5, 0.6) is 0 Å². The van der Waals surface area contributed by atoms with Gasteiger partial charge in [0.1, 0.15) is 5.82 Å². The summed E-state index contributed by atoms with van der Waals surface area (Å²) in [7, 11) is 0. The molecule has 1 amide bonds. The molecule has 0 radical (unpaired) electrons. The zero-order valence-electron chi connectivity index (χ0n) is 11.9. The molecule has 22 heavy (non-hydrogen) atoms. The number of amides is 1. The van der Waals surface area contributed by atoms with Crippen molar-refractivity contribution < 1.29 is 14.3 Å². The van der Waals surface area contributed by atoms with E-state index in [4.69, 9.17) is 0 Å². The largest absolute Gasteiger partial charge is 0.392 e. The molecule has 0 aliphatic carbocycles. The summed E-state index contributed by atoms with van der Waals surface area (Å²) in [4.78, 5) is 12.1. The second-order valence-electron chi connectivity index (χ2n) is 4.85. The van der Waals surface area contributed by atoms with E-state index in [9.17, 15) is 14.3 Å². The van der Waals surface area contributed by atoms with Gasteiger partial charge in [-0.15, -0.1) is 0 Å². The number of rotatable bonds is 5. The van der Waals surface area contributed by atoms with E-state index in [1.807, 2.05) is 22.6 Å². The third kappa shape index (κ3) is 4.41. The maximum Gasteiger partial charge on any atom is 0.253 e. The fourth-order valence-electron chi connectivity index (χ4n) is 1.86. The quantitative estimate of drug-likeness (QED) is 0.659. The number of aliphatic hydroxyl groups is 1. The molecule has 0 aliphatic heterocycles. The van der Waals surface area contributed by atoms with Crippen LogP contribution in [0.1, 0.15) is 17.3 Å². The monoisotopic (exact) mass is 414 g/mol. The first-order valence-corrected chi connectivity index (χ1v) is 7.82. The Morgan fingerprint density at radius 3 is 2.68 bits per heavy atom. The van der Waals surface area contributed by atoms with Crippen LogP contribution in [-0.2, 0) is 0 Å². The van der Waals surface area contributed by atoms with Gasteiger partial charge in [-0.05, 0) is 59.8 Å². The molecule has 0 spiro atoms. The molecule has 2 rings (SSSR count). The first-order valence-electron chi connectivity index (χ1n) is 6.74. The maximum absolute atomic E-state index is 13.9. The van der Waals surface area contributed by atoms with E-state index < -0.39 is 6.10 Å². The molecular formula is C16H16FIN2O2. The lowest BCUT2D eigenvalue weighted by atomic mass is 10.1. The van der Waals surface area contributed by atoms with Gasteiger partial charge in [0.2, 0.25) is 0 Å². The van der Waals surface area contributed by atoms with Gasteiger partial charge in [-0.25, -0.2) is 4.39 Å². The summed E-state index contributed by atoms with van der Waals surface area (Å²) in [5.74, 6) is -0.707. The summed E-state index contributed by atoms with van der Waals surface area (Å²) in [6.07, 6.45) is -0.627. The first-order chi connectivity index (χ1) is 10.5. The highest BCUT2D eigenvalue weighted by Crippen LogP contribution is 2.24. The van der Waals surface area contributed by atoms with Crippen molar-refractivity contribution in [2.45, 2.75) is 13.0 Å². The predicted molar refractivity (Wildman–Crippen MR) is 92.9 cm³/mol. The van der Waals surface area contributed by atoms with E-state index in [0.717, 1.165) is 3.57 Å². The Labute approximate surface area is 141 Å². The molecule has 6 heteroatoms. The Hall–Kier alpha value is -1.67. The third-order valence-corrected chi connectivity index (χ3v) is 3.60. The Morgan fingerprint density at radius 1 is 1.27 bits per heavy atom. The van der Waals surface area contributed by atoms with Crippen LogP contribution in [0.25, 0.3) is 0 Å². The number of para-hydroxylation sites is 1. The third-order valence-electron chi connectivity index (χ3n) is 2.93. The van der Waals surface area contributed by atoms with Crippen molar-refractivity contribution in [1.29, 1.82) is 0 Å². The van der Waals surface area contributed by atoms with E-state index in [-0.39, 0.29) is 18.3 Å². The number of nitrogens with one attached hydrogen (secondary N) is 2. The summed E-state index contributed by atoms with van der Waals surface area (Å²) in [6, 6.07) is 11.7. The first kappa shape index (κ1) is 16.7. The van der Waals surface area contributed by atoms with E-state index in [0.29, 0.717) is 16.9 Å². The molecule has 0 aliphatic rings. The van der Waals surface area contributed by atoms with Gasteiger partial charge in [0.25, 0.3) is 5.91 Å².